The number of fused-ring (bicyclic) bond motifs is 1. The highest BCUT2D eigenvalue weighted by Crippen LogP contribution is 2.34. The predicted molar refractivity (Wildman–Crippen MR) is 83.4 cm³/mol. The second-order valence-corrected chi connectivity index (χ2v) is 6.48. The Morgan fingerprint density at radius 2 is 2.35 bits per heavy atom. The molecule has 1 aromatic rings. The summed E-state index contributed by atoms with van der Waals surface area (Å²) in [6, 6.07) is 0.538. The molecular formula is C14H22N4OS. The van der Waals surface area contributed by atoms with Gasteiger partial charge in [-0.1, -0.05) is 24.6 Å². The molecule has 2 heterocycles. The van der Waals surface area contributed by atoms with Crippen molar-refractivity contribution in [3.8, 4) is 0 Å². The van der Waals surface area contributed by atoms with Crippen molar-refractivity contribution in [2.45, 2.75) is 38.3 Å². The van der Waals surface area contributed by atoms with Crippen LogP contribution in [0.25, 0.3) is 0 Å². The minimum absolute atomic E-state index is 0.538. The molecule has 0 aromatic carbocycles. The summed E-state index contributed by atoms with van der Waals surface area (Å²) in [6.45, 7) is 1.46. The third-order valence-corrected chi connectivity index (χ3v) is 5.07. The van der Waals surface area contributed by atoms with Crippen molar-refractivity contribution in [2.75, 3.05) is 24.8 Å². The lowest BCUT2D eigenvalue weighted by Crippen LogP contribution is -2.31. The number of aliphatic imine (C=N–C) groups is 1. The van der Waals surface area contributed by atoms with Gasteiger partial charge in [0.25, 0.3) is 0 Å². The molecule has 0 bridgehead atoms. The summed E-state index contributed by atoms with van der Waals surface area (Å²) in [5.41, 5.74) is 1.02. The van der Waals surface area contributed by atoms with Crippen LogP contribution in [0.1, 0.15) is 25.7 Å². The van der Waals surface area contributed by atoms with E-state index in [-0.39, 0.29) is 0 Å². The lowest BCUT2D eigenvalue weighted by molar-refractivity contribution is 0.183. The maximum atomic E-state index is 5.06. The number of ether oxygens (including phenoxy) is 1. The van der Waals surface area contributed by atoms with Gasteiger partial charge < -0.3 is 10.1 Å². The van der Waals surface area contributed by atoms with E-state index in [9.17, 15) is 0 Å². The van der Waals surface area contributed by atoms with Gasteiger partial charge in [0.05, 0.1) is 31.1 Å². The van der Waals surface area contributed by atoms with Crippen molar-refractivity contribution in [2.24, 2.45) is 10.9 Å². The molecule has 1 fully saturated rings. The maximum absolute atomic E-state index is 5.06. The monoisotopic (exact) mass is 294 g/mol. The number of amidine groups is 1. The second kappa shape index (κ2) is 6.63. The van der Waals surface area contributed by atoms with Crippen molar-refractivity contribution in [3.63, 3.8) is 0 Å². The van der Waals surface area contributed by atoms with Gasteiger partial charge in [0.15, 0.2) is 5.17 Å². The Labute approximate surface area is 124 Å². The lowest BCUT2D eigenvalue weighted by Gasteiger charge is -2.32. The summed E-state index contributed by atoms with van der Waals surface area (Å²) < 4.78 is 6.95. The van der Waals surface area contributed by atoms with Gasteiger partial charge in [-0.15, -0.1) is 0 Å². The summed E-state index contributed by atoms with van der Waals surface area (Å²) in [4.78, 5) is 4.88. The molecule has 1 aliphatic carbocycles. The molecule has 1 saturated carbocycles. The van der Waals surface area contributed by atoms with Crippen LogP contribution in [0.15, 0.2) is 17.4 Å². The van der Waals surface area contributed by atoms with E-state index in [2.05, 4.69) is 10.4 Å². The number of aromatic nitrogens is 2. The van der Waals surface area contributed by atoms with Crippen LogP contribution in [0, 0.1) is 5.92 Å². The molecule has 2 unspecified atom stereocenters. The molecule has 5 nitrogen and oxygen atoms in total. The summed E-state index contributed by atoms with van der Waals surface area (Å²) in [7, 11) is 1.71. The molecule has 3 rings (SSSR count). The molecule has 1 N–H and O–H groups in total. The first-order chi connectivity index (χ1) is 9.85. The van der Waals surface area contributed by atoms with Crippen molar-refractivity contribution >= 4 is 22.6 Å². The predicted octanol–water partition coefficient (Wildman–Crippen LogP) is 2.60. The number of nitrogens with one attached hydrogen (secondary N) is 1. The number of thioether (sulfide) groups is 1. The Kier molecular flexibility index (Phi) is 4.62. The molecule has 1 aromatic heterocycles. The minimum Gasteiger partial charge on any atom is -0.383 e. The molecule has 0 saturated heterocycles. The second-order valence-electron chi connectivity index (χ2n) is 5.47. The molecule has 0 amide bonds. The summed E-state index contributed by atoms with van der Waals surface area (Å²) in [5, 5.41) is 8.77. The van der Waals surface area contributed by atoms with Crippen molar-refractivity contribution in [3.05, 3.63) is 12.4 Å². The van der Waals surface area contributed by atoms with Crippen LogP contribution in [0.2, 0.25) is 0 Å². The van der Waals surface area contributed by atoms with Crippen LogP contribution in [0.4, 0.5) is 5.69 Å². The highest BCUT2D eigenvalue weighted by Gasteiger charge is 2.29. The van der Waals surface area contributed by atoms with E-state index in [4.69, 9.17) is 9.73 Å². The number of anilines is 1. The van der Waals surface area contributed by atoms with Crippen LogP contribution < -0.4 is 5.32 Å². The molecule has 6 heteroatoms. The smallest absolute Gasteiger partial charge is 0.161 e. The van der Waals surface area contributed by atoms with Gasteiger partial charge in [0.1, 0.15) is 0 Å². The lowest BCUT2D eigenvalue weighted by atomic mass is 9.86. The highest BCUT2D eigenvalue weighted by molar-refractivity contribution is 8.14. The Morgan fingerprint density at radius 1 is 1.45 bits per heavy atom. The van der Waals surface area contributed by atoms with Gasteiger partial charge in [0.2, 0.25) is 0 Å². The first kappa shape index (κ1) is 13.9. The maximum Gasteiger partial charge on any atom is 0.161 e. The van der Waals surface area contributed by atoms with E-state index in [1.807, 2.05) is 28.8 Å². The van der Waals surface area contributed by atoms with Crippen molar-refractivity contribution in [1.82, 2.24) is 9.78 Å². The number of methoxy groups -OCH3 is 1. The summed E-state index contributed by atoms with van der Waals surface area (Å²) in [6.07, 6.45) is 9.18. The molecule has 2 aliphatic rings. The fourth-order valence-corrected chi connectivity index (χ4v) is 4.01. The normalized spacial score (nSPS) is 25.9. The zero-order valence-electron chi connectivity index (χ0n) is 11.9. The fraction of sp³-hybridized carbons (Fsp3) is 0.714. The number of hydrogen-bond donors (Lipinski definition) is 1. The largest absolute Gasteiger partial charge is 0.383 e. The minimum atomic E-state index is 0.538. The van der Waals surface area contributed by atoms with E-state index >= 15 is 0 Å². The van der Waals surface area contributed by atoms with Crippen LogP contribution >= 0.6 is 11.8 Å². The molecule has 0 spiro atoms. The van der Waals surface area contributed by atoms with Gasteiger partial charge in [0, 0.05) is 19.1 Å². The summed E-state index contributed by atoms with van der Waals surface area (Å²) >= 11 is 1.85. The van der Waals surface area contributed by atoms with Crippen molar-refractivity contribution in [1.29, 1.82) is 0 Å². The van der Waals surface area contributed by atoms with Gasteiger partial charge in [-0.25, -0.2) is 0 Å². The van der Waals surface area contributed by atoms with E-state index in [1.165, 1.54) is 31.4 Å². The van der Waals surface area contributed by atoms with Gasteiger partial charge in [-0.3, -0.25) is 9.67 Å². The quantitative estimate of drug-likeness (QED) is 0.927. The molecule has 1 aliphatic heterocycles. The Hall–Kier alpha value is -1.01. The van der Waals surface area contributed by atoms with Gasteiger partial charge in [-0.05, 0) is 18.8 Å². The SMILES string of the molecule is COCCn1cc(NC2=NC3CCCCC3CS2)cn1. The van der Waals surface area contributed by atoms with Crippen LogP contribution in [-0.2, 0) is 11.3 Å². The zero-order valence-corrected chi connectivity index (χ0v) is 12.7. The molecule has 110 valence electrons. The number of rotatable bonds is 4. The molecule has 20 heavy (non-hydrogen) atoms. The van der Waals surface area contributed by atoms with Gasteiger partial charge >= 0.3 is 0 Å². The van der Waals surface area contributed by atoms with Crippen LogP contribution in [0.3, 0.4) is 0 Å². The van der Waals surface area contributed by atoms with E-state index < -0.39 is 0 Å². The topological polar surface area (TPSA) is 51.4 Å². The van der Waals surface area contributed by atoms with Crippen molar-refractivity contribution < 1.29 is 4.74 Å². The standard InChI is InChI=1S/C14H22N4OS/c1-19-7-6-18-9-12(8-15-18)16-14-17-13-5-3-2-4-11(13)10-20-14/h8-9,11,13H,2-7,10H2,1H3,(H,16,17). The molecular weight excluding hydrogens is 272 g/mol. The fourth-order valence-electron chi connectivity index (χ4n) is 2.85. The third kappa shape index (κ3) is 3.35. The number of nitrogens with zero attached hydrogens (tertiary/aromatic N) is 3. The van der Waals surface area contributed by atoms with Gasteiger partial charge in [-0.2, -0.15) is 5.10 Å². The summed E-state index contributed by atoms with van der Waals surface area (Å²) in [5.74, 6) is 2.00. The average molecular weight is 294 g/mol. The first-order valence-electron chi connectivity index (χ1n) is 7.34. The zero-order chi connectivity index (χ0) is 13.8. The Balaban J connectivity index is 1.59. The first-order valence-corrected chi connectivity index (χ1v) is 8.33. The van der Waals surface area contributed by atoms with E-state index in [0.717, 1.165) is 23.3 Å². The third-order valence-electron chi connectivity index (χ3n) is 4.00. The average Bonchev–Trinajstić information content (AvgIpc) is 2.92. The van der Waals surface area contributed by atoms with E-state index in [0.29, 0.717) is 12.6 Å². The van der Waals surface area contributed by atoms with Crippen LogP contribution in [-0.4, -0.2) is 40.5 Å². The molecule has 0 radical (unpaired) electrons. The van der Waals surface area contributed by atoms with Crippen LogP contribution in [0.5, 0.6) is 0 Å². The molecule has 2 atom stereocenters. The highest BCUT2D eigenvalue weighted by atomic mass is 32.2. The Bertz CT molecular complexity index is 473. The van der Waals surface area contributed by atoms with E-state index in [1.54, 1.807) is 7.11 Å². The Morgan fingerprint density at radius 3 is 3.25 bits per heavy atom. The number of hydrogen-bond acceptors (Lipinski definition) is 5.